The van der Waals surface area contributed by atoms with E-state index in [0.717, 1.165) is 35.3 Å². The molecule has 0 atom stereocenters. The molecule has 1 saturated heterocycles. The minimum atomic E-state index is -0.482. The number of amides is 3. The summed E-state index contributed by atoms with van der Waals surface area (Å²) in [5.74, 6) is -0.249. The number of nitrogens with zero attached hydrogens (tertiary/aromatic N) is 1. The van der Waals surface area contributed by atoms with Crippen LogP contribution in [-0.2, 0) is 14.4 Å². The first-order chi connectivity index (χ1) is 16.6. The monoisotopic (exact) mass is 455 g/mol. The van der Waals surface area contributed by atoms with Crippen LogP contribution in [0.1, 0.15) is 18.4 Å². The summed E-state index contributed by atoms with van der Waals surface area (Å²) >= 11 is 0. The highest BCUT2D eigenvalue weighted by molar-refractivity contribution is 5.96. The molecule has 4 rings (SSSR count). The summed E-state index contributed by atoms with van der Waals surface area (Å²) in [7, 11) is 0. The van der Waals surface area contributed by atoms with E-state index in [1.807, 2.05) is 72.8 Å². The zero-order chi connectivity index (χ0) is 23.8. The summed E-state index contributed by atoms with van der Waals surface area (Å²) in [5.41, 5.74) is 8.20. The van der Waals surface area contributed by atoms with Gasteiger partial charge in [-0.1, -0.05) is 60.7 Å². The van der Waals surface area contributed by atoms with Crippen LogP contribution in [0.2, 0.25) is 0 Å². The molecule has 0 saturated carbocycles. The van der Waals surface area contributed by atoms with Crippen molar-refractivity contribution < 1.29 is 19.1 Å². The molecule has 1 aliphatic heterocycles. The summed E-state index contributed by atoms with van der Waals surface area (Å²) in [6.07, 6.45) is 4.40. The first kappa shape index (κ1) is 22.8. The highest BCUT2D eigenvalue weighted by Crippen LogP contribution is 2.29. The third kappa shape index (κ3) is 5.89. The maximum absolute atomic E-state index is 12.1. The van der Waals surface area contributed by atoms with Crippen molar-refractivity contribution in [2.45, 2.75) is 12.8 Å². The molecule has 172 valence electrons. The molecule has 3 aromatic carbocycles. The quantitative estimate of drug-likeness (QED) is 0.420. The average Bonchev–Trinajstić information content (AvgIpc) is 3.31. The summed E-state index contributed by atoms with van der Waals surface area (Å²) < 4.78 is 5.67. The Morgan fingerprint density at radius 3 is 2.38 bits per heavy atom. The molecule has 34 heavy (non-hydrogen) atoms. The molecule has 7 nitrogen and oxygen atoms in total. The Kier molecular flexibility index (Phi) is 7.35. The van der Waals surface area contributed by atoms with Gasteiger partial charge in [0.2, 0.25) is 5.91 Å². The van der Waals surface area contributed by atoms with Crippen molar-refractivity contribution in [1.82, 2.24) is 10.9 Å². The van der Waals surface area contributed by atoms with Gasteiger partial charge in [-0.3, -0.25) is 25.2 Å². The number of hydrogen-bond acceptors (Lipinski definition) is 4. The van der Waals surface area contributed by atoms with Crippen molar-refractivity contribution in [3.05, 3.63) is 90.5 Å². The second-order valence-electron chi connectivity index (χ2n) is 7.76. The number of para-hydroxylation sites is 1. The second kappa shape index (κ2) is 11.0. The molecule has 7 heteroatoms. The topological polar surface area (TPSA) is 87.7 Å². The minimum absolute atomic E-state index is 0.131. The molecule has 2 N–H and O–H groups in total. The number of hydrogen-bond donors (Lipinski definition) is 2. The van der Waals surface area contributed by atoms with Crippen LogP contribution in [0.15, 0.2) is 84.9 Å². The van der Waals surface area contributed by atoms with Gasteiger partial charge in [0, 0.05) is 30.3 Å². The first-order valence-corrected chi connectivity index (χ1v) is 11.0. The van der Waals surface area contributed by atoms with Gasteiger partial charge < -0.3 is 9.64 Å². The van der Waals surface area contributed by atoms with Gasteiger partial charge in [-0.15, -0.1) is 0 Å². The second-order valence-corrected chi connectivity index (χ2v) is 7.76. The fraction of sp³-hybridized carbons (Fsp3) is 0.148. The molecule has 0 aromatic heterocycles. The van der Waals surface area contributed by atoms with E-state index < -0.39 is 11.8 Å². The molecule has 0 aliphatic carbocycles. The molecule has 1 heterocycles. The van der Waals surface area contributed by atoms with Crippen LogP contribution in [0.25, 0.3) is 17.2 Å². The molecular weight excluding hydrogens is 430 g/mol. The largest absolute Gasteiger partial charge is 0.483 e. The fourth-order valence-electron chi connectivity index (χ4n) is 3.66. The normalized spacial score (nSPS) is 13.2. The van der Waals surface area contributed by atoms with Gasteiger partial charge in [-0.2, -0.15) is 0 Å². The van der Waals surface area contributed by atoms with E-state index in [4.69, 9.17) is 4.74 Å². The number of nitrogens with one attached hydrogen (secondary N) is 2. The molecule has 1 aliphatic rings. The van der Waals surface area contributed by atoms with Gasteiger partial charge in [-0.05, 0) is 41.8 Å². The third-order valence-electron chi connectivity index (χ3n) is 5.36. The lowest BCUT2D eigenvalue weighted by Crippen LogP contribution is -2.43. The SMILES string of the molecule is O=C(/C=C/c1ccc(N2CCCC2=O)cc1)NNC(=O)COc1ccccc1-c1ccccc1. The van der Waals surface area contributed by atoms with Crippen molar-refractivity contribution in [1.29, 1.82) is 0 Å². The molecule has 0 bridgehead atoms. The Labute approximate surface area is 198 Å². The first-order valence-electron chi connectivity index (χ1n) is 11.0. The summed E-state index contributed by atoms with van der Waals surface area (Å²) in [5, 5.41) is 0. The molecular formula is C27H25N3O4. The van der Waals surface area contributed by atoms with Crippen molar-refractivity contribution in [3.8, 4) is 16.9 Å². The Morgan fingerprint density at radius 1 is 0.912 bits per heavy atom. The van der Waals surface area contributed by atoms with E-state index in [0.29, 0.717) is 12.2 Å². The highest BCUT2D eigenvalue weighted by atomic mass is 16.5. The Hall–Kier alpha value is -4.39. The van der Waals surface area contributed by atoms with E-state index in [1.54, 1.807) is 17.0 Å². The lowest BCUT2D eigenvalue weighted by Gasteiger charge is -2.15. The van der Waals surface area contributed by atoms with Crippen molar-refractivity contribution >= 4 is 29.5 Å². The number of ether oxygens (including phenoxy) is 1. The Balaban J connectivity index is 1.24. The number of carbonyl (C=O) groups excluding carboxylic acids is 3. The number of rotatable bonds is 7. The van der Waals surface area contributed by atoms with E-state index in [2.05, 4.69) is 10.9 Å². The van der Waals surface area contributed by atoms with Gasteiger partial charge >= 0.3 is 0 Å². The van der Waals surface area contributed by atoms with Crippen molar-refractivity contribution in [3.63, 3.8) is 0 Å². The van der Waals surface area contributed by atoms with Crippen LogP contribution in [0.5, 0.6) is 5.75 Å². The maximum atomic E-state index is 12.1. The Morgan fingerprint density at radius 2 is 1.65 bits per heavy atom. The summed E-state index contributed by atoms with van der Waals surface area (Å²) in [4.78, 5) is 37.8. The van der Waals surface area contributed by atoms with Gasteiger partial charge in [0.05, 0.1) is 0 Å². The van der Waals surface area contributed by atoms with E-state index in [1.165, 1.54) is 6.08 Å². The molecule has 0 unspecified atom stereocenters. The molecule has 0 spiro atoms. The lowest BCUT2D eigenvalue weighted by molar-refractivity contribution is -0.128. The van der Waals surface area contributed by atoms with E-state index in [-0.39, 0.29) is 12.5 Å². The smallest absolute Gasteiger partial charge is 0.276 e. The van der Waals surface area contributed by atoms with Crippen LogP contribution in [0.4, 0.5) is 5.69 Å². The number of carbonyl (C=O) groups is 3. The minimum Gasteiger partial charge on any atom is -0.483 e. The molecule has 1 fully saturated rings. The van der Waals surface area contributed by atoms with Gasteiger partial charge in [0.15, 0.2) is 6.61 Å². The van der Waals surface area contributed by atoms with Crippen LogP contribution in [0, 0.1) is 0 Å². The predicted octanol–water partition coefficient (Wildman–Crippen LogP) is 3.72. The van der Waals surface area contributed by atoms with Gasteiger partial charge in [0.25, 0.3) is 11.8 Å². The number of anilines is 1. The average molecular weight is 456 g/mol. The van der Waals surface area contributed by atoms with Gasteiger partial charge in [0.1, 0.15) is 5.75 Å². The zero-order valence-corrected chi connectivity index (χ0v) is 18.6. The van der Waals surface area contributed by atoms with Crippen LogP contribution < -0.4 is 20.5 Å². The van der Waals surface area contributed by atoms with Crippen LogP contribution in [-0.4, -0.2) is 30.9 Å². The van der Waals surface area contributed by atoms with Crippen LogP contribution >= 0.6 is 0 Å². The zero-order valence-electron chi connectivity index (χ0n) is 18.6. The maximum Gasteiger partial charge on any atom is 0.276 e. The van der Waals surface area contributed by atoms with Gasteiger partial charge in [-0.25, -0.2) is 0 Å². The van der Waals surface area contributed by atoms with E-state index >= 15 is 0 Å². The standard InChI is InChI=1S/C27H25N3O4/c31-25(17-14-20-12-15-22(16-13-20)30-18-6-11-27(30)33)28-29-26(32)19-34-24-10-5-4-9-23(24)21-7-2-1-3-8-21/h1-5,7-10,12-17H,6,11,18-19H2,(H,28,31)(H,29,32)/b17-14+. The third-order valence-corrected chi connectivity index (χ3v) is 5.36. The molecule has 3 amide bonds. The summed E-state index contributed by atoms with van der Waals surface area (Å²) in [6, 6.07) is 24.6. The summed E-state index contributed by atoms with van der Waals surface area (Å²) in [6.45, 7) is 0.488. The van der Waals surface area contributed by atoms with Crippen molar-refractivity contribution in [2.24, 2.45) is 0 Å². The number of hydrazine groups is 1. The van der Waals surface area contributed by atoms with Crippen molar-refractivity contribution in [2.75, 3.05) is 18.1 Å². The number of benzene rings is 3. The Bertz CT molecular complexity index is 1190. The van der Waals surface area contributed by atoms with Crippen LogP contribution in [0.3, 0.4) is 0 Å². The predicted molar refractivity (Wildman–Crippen MR) is 131 cm³/mol. The fourth-order valence-corrected chi connectivity index (χ4v) is 3.66. The lowest BCUT2D eigenvalue weighted by atomic mass is 10.1. The van der Waals surface area contributed by atoms with E-state index in [9.17, 15) is 14.4 Å². The molecule has 3 aromatic rings. The molecule has 0 radical (unpaired) electrons. The highest BCUT2D eigenvalue weighted by Gasteiger charge is 2.21.